The minimum Gasteiger partial charge on any atom is -0.396 e. The van der Waals surface area contributed by atoms with Crippen LogP contribution in [-0.2, 0) is 4.79 Å². The fourth-order valence-electron chi connectivity index (χ4n) is 1.97. The summed E-state index contributed by atoms with van der Waals surface area (Å²) in [6.45, 7) is 1.05. The number of carbonyl (C=O) groups is 1. The maximum Gasteiger partial charge on any atom is 0.226 e. The number of amides is 1. The Morgan fingerprint density at radius 2 is 2.50 bits per heavy atom. The van der Waals surface area contributed by atoms with Gasteiger partial charge in [0.1, 0.15) is 0 Å². The van der Waals surface area contributed by atoms with E-state index >= 15 is 0 Å². The van der Waals surface area contributed by atoms with Crippen molar-refractivity contribution in [3.63, 3.8) is 0 Å². The Hall–Kier alpha value is -0.570. The van der Waals surface area contributed by atoms with Crippen LogP contribution in [0.5, 0.6) is 0 Å². The van der Waals surface area contributed by atoms with Crippen LogP contribution < -0.4 is 0 Å². The Kier molecular flexibility index (Phi) is 1.06. The Morgan fingerprint density at radius 3 is 2.90 bits per heavy atom. The van der Waals surface area contributed by atoms with Gasteiger partial charge < -0.3 is 10.0 Å². The first-order valence-corrected chi connectivity index (χ1v) is 3.61. The molecule has 1 aliphatic heterocycles. The van der Waals surface area contributed by atoms with E-state index in [9.17, 15) is 4.79 Å². The van der Waals surface area contributed by atoms with Crippen LogP contribution in [0.25, 0.3) is 0 Å². The number of aliphatic hydroxyl groups is 1. The summed E-state index contributed by atoms with van der Waals surface area (Å²) in [5.41, 5.74) is 0. The van der Waals surface area contributed by atoms with Gasteiger partial charge in [-0.25, -0.2) is 0 Å². The summed E-state index contributed by atoms with van der Waals surface area (Å²) < 4.78 is 0. The number of hydrogen-bond donors (Lipinski definition) is 1. The zero-order chi connectivity index (χ0) is 7.30. The van der Waals surface area contributed by atoms with Gasteiger partial charge in [-0.05, 0) is 11.8 Å². The second-order valence-corrected chi connectivity index (χ2v) is 3.25. The van der Waals surface area contributed by atoms with E-state index in [-0.39, 0.29) is 18.4 Å². The maximum atomic E-state index is 11.1. The molecule has 3 unspecified atom stereocenters. The number of likely N-dealkylation sites (tertiary alicyclic amines) is 1. The lowest BCUT2D eigenvalue weighted by atomic mass is 10.3. The highest BCUT2D eigenvalue weighted by molar-refractivity contribution is 5.85. The molecule has 1 heterocycles. The highest BCUT2D eigenvalue weighted by atomic mass is 16.3. The molecule has 3 atom stereocenters. The second kappa shape index (κ2) is 1.72. The molecule has 0 spiro atoms. The van der Waals surface area contributed by atoms with Gasteiger partial charge in [-0.1, -0.05) is 0 Å². The van der Waals surface area contributed by atoms with E-state index < -0.39 is 0 Å². The number of rotatable bonds is 1. The van der Waals surface area contributed by atoms with Gasteiger partial charge in [0.15, 0.2) is 0 Å². The summed E-state index contributed by atoms with van der Waals surface area (Å²) in [4.78, 5) is 12.9. The molecule has 0 bridgehead atoms. The van der Waals surface area contributed by atoms with Gasteiger partial charge in [0.05, 0.1) is 0 Å². The number of piperidine rings is 1. The third-order valence-electron chi connectivity index (χ3n) is 2.69. The Morgan fingerprint density at radius 1 is 1.80 bits per heavy atom. The summed E-state index contributed by atoms with van der Waals surface area (Å²) in [6.07, 6.45) is 0. The fraction of sp³-hybridized carbons (Fsp3) is 0.857. The average Bonchev–Trinajstić information content (AvgIpc) is 2.52. The minimum absolute atomic E-state index is 0.176. The van der Waals surface area contributed by atoms with Gasteiger partial charge in [-0.2, -0.15) is 0 Å². The van der Waals surface area contributed by atoms with Crippen LogP contribution >= 0.6 is 0 Å². The lowest BCUT2D eigenvalue weighted by Crippen LogP contribution is -2.26. The van der Waals surface area contributed by atoms with E-state index in [0.29, 0.717) is 11.8 Å². The van der Waals surface area contributed by atoms with Gasteiger partial charge in [0, 0.05) is 26.1 Å². The molecule has 0 radical (unpaired) electrons. The molecule has 2 aliphatic rings. The molecule has 1 amide bonds. The number of carbonyl (C=O) groups excluding carboxylic acids is 1. The van der Waals surface area contributed by atoms with E-state index in [1.165, 1.54) is 0 Å². The second-order valence-electron chi connectivity index (χ2n) is 3.25. The SMILES string of the molecule is CN1CC2C(CO)C2C1=O. The molecule has 10 heavy (non-hydrogen) atoms. The molecule has 0 aromatic heterocycles. The smallest absolute Gasteiger partial charge is 0.226 e. The Balaban J connectivity index is 2.06. The van der Waals surface area contributed by atoms with Crippen molar-refractivity contribution in [3.05, 3.63) is 0 Å². The molecular weight excluding hydrogens is 130 g/mol. The molecule has 3 nitrogen and oxygen atoms in total. The fourth-order valence-corrected chi connectivity index (χ4v) is 1.97. The molecule has 2 fully saturated rings. The van der Waals surface area contributed by atoms with Crippen molar-refractivity contribution >= 4 is 5.91 Å². The average molecular weight is 141 g/mol. The standard InChI is InChI=1S/C7H11NO2/c1-8-2-4-5(3-9)6(4)7(8)10/h4-6,9H,2-3H2,1H3. The molecule has 1 aliphatic carbocycles. The molecule has 0 aromatic rings. The number of hydrogen-bond acceptors (Lipinski definition) is 2. The van der Waals surface area contributed by atoms with Gasteiger partial charge in [-0.15, -0.1) is 0 Å². The highest BCUT2D eigenvalue weighted by Gasteiger charge is 2.60. The van der Waals surface area contributed by atoms with Crippen molar-refractivity contribution in [1.82, 2.24) is 4.90 Å². The Labute approximate surface area is 59.6 Å². The Bertz CT molecular complexity index is 180. The van der Waals surface area contributed by atoms with Gasteiger partial charge in [0.2, 0.25) is 5.91 Å². The largest absolute Gasteiger partial charge is 0.396 e. The predicted octanol–water partition coefficient (Wildman–Crippen LogP) is -0.687. The van der Waals surface area contributed by atoms with Crippen LogP contribution in [0, 0.1) is 17.8 Å². The maximum absolute atomic E-state index is 11.1. The van der Waals surface area contributed by atoms with Crippen LogP contribution in [-0.4, -0.2) is 36.1 Å². The highest BCUT2D eigenvalue weighted by Crippen LogP contribution is 2.51. The summed E-state index contributed by atoms with van der Waals surface area (Å²) in [5, 5.41) is 8.75. The van der Waals surface area contributed by atoms with Crippen LogP contribution in [0.1, 0.15) is 0 Å². The molecule has 1 saturated heterocycles. The minimum atomic E-state index is 0.176. The third-order valence-corrected chi connectivity index (χ3v) is 2.69. The van der Waals surface area contributed by atoms with Crippen molar-refractivity contribution in [2.24, 2.45) is 17.8 Å². The van der Waals surface area contributed by atoms with Crippen molar-refractivity contribution in [1.29, 1.82) is 0 Å². The summed E-state index contributed by atoms with van der Waals surface area (Å²) in [6, 6.07) is 0. The number of aliphatic hydroxyl groups excluding tert-OH is 1. The van der Waals surface area contributed by atoms with Crippen molar-refractivity contribution in [2.75, 3.05) is 20.2 Å². The van der Waals surface area contributed by atoms with Crippen molar-refractivity contribution in [3.8, 4) is 0 Å². The molecule has 3 heteroatoms. The van der Waals surface area contributed by atoms with Crippen molar-refractivity contribution in [2.45, 2.75) is 0 Å². The van der Waals surface area contributed by atoms with E-state index in [4.69, 9.17) is 5.11 Å². The summed E-state index contributed by atoms with van der Waals surface area (Å²) in [5.74, 6) is 1.17. The van der Waals surface area contributed by atoms with Crippen LogP contribution in [0.15, 0.2) is 0 Å². The lowest BCUT2D eigenvalue weighted by molar-refractivity contribution is -0.129. The predicted molar refractivity (Wildman–Crippen MR) is 35.2 cm³/mol. The monoisotopic (exact) mass is 141 g/mol. The van der Waals surface area contributed by atoms with Crippen LogP contribution in [0.4, 0.5) is 0 Å². The molecule has 1 saturated carbocycles. The first-order chi connectivity index (χ1) is 4.75. The normalized spacial score (nSPS) is 44.0. The molecule has 2 rings (SSSR count). The third kappa shape index (κ3) is 0.560. The quantitative estimate of drug-likeness (QED) is 0.525. The summed E-state index contributed by atoms with van der Waals surface area (Å²) in [7, 11) is 1.82. The number of fused-ring (bicyclic) bond motifs is 1. The van der Waals surface area contributed by atoms with Gasteiger partial charge in [-0.3, -0.25) is 4.79 Å². The lowest BCUT2D eigenvalue weighted by Gasteiger charge is -2.11. The molecule has 56 valence electrons. The van der Waals surface area contributed by atoms with E-state index in [0.717, 1.165) is 6.54 Å². The molecular formula is C7H11NO2. The van der Waals surface area contributed by atoms with E-state index in [1.807, 2.05) is 7.05 Å². The van der Waals surface area contributed by atoms with Gasteiger partial charge in [0.25, 0.3) is 0 Å². The molecule has 0 aromatic carbocycles. The van der Waals surface area contributed by atoms with E-state index in [1.54, 1.807) is 4.90 Å². The van der Waals surface area contributed by atoms with Crippen molar-refractivity contribution < 1.29 is 9.90 Å². The zero-order valence-electron chi connectivity index (χ0n) is 5.95. The number of nitrogens with zero attached hydrogens (tertiary/aromatic N) is 1. The zero-order valence-corrected chi connectivity index (χ0v) is 5.95. The van der Waals surface area contributed by atoms with Crippen LogP contribution in [0.2, 0.25) is 0 Å². The first kappa shape index (κ1) is 6.16. The van der Waals surface area contributed by atoms with Crippen LogP contribution in [0.3, 0.4) is 0 Å². The summed E-state index contributed by atoms with van der Waals surface area (Å²) >= 11 is 0. The van der Waals surface area contributed by atoms with Gasteiger partial charge >= 0.3 is 0 Å². The first-order valence-electron chi connectivity index (χ1n) is 3.61. The van der Waals surface area contributed by atoms with E-state index in [2.05, 4.69) is 0 Å². The molecule has 1 N–H and O–H groups in total. The topological polar surface area (TPSA) is 40.5 Å².